The van der Waals surface area contributed by atoms with Gasteiger partial charge >= 0.3 is 0 Å². The highest BCUT2D eigenvalue weighted by Crippen LogP contribution is 2.32. The van der Waals surface area contributed by atoms with Gasteiger partial charge in [0.05, 0.1) is 0 Å². The average molecular weight is 351 g/mol. The molecule has 1 amide bonds. The molecule has 0 aromatic heterocycles. The molecular formula is C16H16BrFN2O. The van der Waals surface area contributed by atoms with Gasteiger partial charge in [-0.05, 0) is 43.7 Å². The molecule has 0 aliphatic heterocycles. The van der Waals surface area contributed by atoms with Crippen LogP contribution in [0.5, 0.6) is 0 Å². The van der Waals surface area contributed by atoms with E-state index in [9.17, 15) is 9.18 Å². The fourth-order valence-corrected chi connectivity index (χ4v) is 2.92. The van der Waals surface area contributed by atoms with Crippen molar-refractivity contribution in [2.45, 2.75) is 19.4 Å². The molecule has 0 aliphatic carbocycles. The third-order valence-corrected chi connectivity index (χ3v) is 4.03. The number of carbonyl (C=O) groups excluding carboxylic acids is 1. The van der Waals surface area contributed by atoms with Crippen molar-refractivity contribution in [1.82, 2.24) is 0 Å². The topological polar surface area (TPSA) is 55.1 Å². The Labute approximate surface area is 131 Å². The molecule has 0 saturated carbocycles. The predicted octanol–water partition coefficient (Wildman–Crippen LogP) is 3.71. The SMILES string of the molecule is Cc1cccc(NC(C)(C(N)=O)c2ccc(F)cc2Br)c1. The summed E-state index contributed by atoms with van der Waals surface area (Å²) >= 11 is 3.29. The standard InChI is InChI=1S/C16H16BrFN2O/c1-10-4-3-5-12(8-10)20-16(2,15(19)21)13-7-6-11(18)9-14(13)17/h3-9,20H,1-2H3,(H2,19,21). The van der Waals surface area contributed by atoms with E-state index in [1.54, 1.807) is 13.0 Å². The number of carbonyl (C=O) groups is 1. The predicted molar refractivity (Wildman–Crippen MR) is 85.4 cm³/mol. The molecule has 0 aliphatic rings. The third-order valence-electron chi connectivity index (χ3n) is 3.38. The number of anilines is 1. The number of halogens is 2. The zero-order valence-electron chi connectivity index (χ0n) is 11.8. The summed E-state index contributed by atoms with van der Waals surface area (Å²) < 4.78 is 13.7. The summed E-state index contributed by atoms with van der Waals surface area (Å²) in [6.45, 7) is 3.64. The van der Waals surface area contributed by atoms with Gasteiger partial charge in [0.1, 0.15) is 11.4 Å². The molecule has 0 radical (unpaired) electrons. The van der Waals surface area contributed by atoms with Gasteiger partial charge in [0.15, 0.2) is 0 Å². The van der Waals surface area contributed by atoms with Gasteiger partial charge in [0, 0.05) is 15.7 Å². The summed E-state index contributed by atoms with van der Waals surface area (Å²) in [5, 5.41) is 3.15. The first kappa shape index (κ1) is 15.5. The van der Waals surface area contributed by atoms with Crippen LogP contribution in [0, 0.1) is 12.7 Å². The minimum Gasteiger partial charge on any atom is -0.368 e. The lowest BCUT2D eigenvalue weighted by Crippen LogP contribution is -2.45. The van der Waals surface area contributed by atoms with Gasteiger partial charge in [-0.25, -0.2) is 4.39 Å². The largest absolute Gasteiger partial charge is 0.368 e. The second-order valence-corrected chi connectivity index (χ2v) is 5.96. The molecule has 2 aromatic rings. The lowest BCUT2D eigenvalue weighted by Gasteiger charge is -2.30. The van der Waals surface area contributed by atoms with Crippen LogP contribution in [0.2, 0.25) is 0 Å². The van der Waals surface area contributed by atoms with Gasteiger partial charge in [-0.2, -0.15) is 0 Å². The molecule has 21 heavy (non-hydrogen) atoms. The molecule has 1 unspecified atom stereocenters. The number of aryl methyl sites for hydroxylation is 1. The van der Waals surface area contributed by atoms with Crippen LogP contribution in [0.3, 0.4) is 0 Å². The Morgan fingerprint density at radius 3 is 2.57 bits per heavy atom. The summed E-state index contributed by atoms with van der Waals surface area (Å²) in [6, 6.07) is 11.8. The highest BCUT2D eigenvalue weighted by Gasteiger charge is 2.35. The van der Waals surface area contributed by atoms with Crippen molar-refractivity contribution in [2.24, 2.45) is 5.73 Å². The van der Waals surface area contributed by atoms with E-state index in [1.165, 1.54) is 12.1 Å². The number of primary amides is 1. The second kappa shape index (κ2) is 5.85. The number of hydrogen-bond donors (Lipinski definition) is 2. The zero-order valence-corrected chi connectivity index (χ0v) is 13.4. The normalized spacial score (nSPS) is 13.5. The van der Waals surface area contributed by atoms with Gasteiger partial charge < -0.3 is 11.1 Å². The van der Waals surface area contributed by atoms with Crippen molar-refractivity contribution in [1.29, 1.82) is 0 Å². The van der Waals surface area contributed by atoms with Crippen LogP contribution in [-0.4, -0.2) is 5.91 Å². The number of amides is 1. The highest BCUT2D eigenvalue weighted by molar-refractivity contribution is 9.10. The second-order valence-electron chi connectivity index (χ2n) is 5.11. The molecule has 0 heterocycles. The van der Waals surface area contributed by atoms with Crippen LogP contribution < -0.4 is 11.1 Å². The lowest BCUT2D eigenvalue weighted by molar-refractivity contribution is -0.122. The van der Waals surface area contributed by atoms with Crippen LogP contribution in [0.4, 0.5) is 10.1 Å². The monoisotopic (exact) mass is 350 g/mol. The van der Waals surface area contributed by atoms with E-state index in [2.05, 4.69) is 21.2 Å². The van der Waals surface area contributed by atoms with Crippen molar-refractivity contribution in [3.8, 4) is 0 Å². The Hall–Kier alpha value is -1.88. The number of hydrogen-bond acceptors (Lipinski definition) is 2. The molecule has 0 saturated heterocycles. The van der Waals surface area contributed by atoms with Crippen molar-refractivity contribution in [3.63, 3.8) is 0 Å². The number of benzene rings is 2. The summed E-state index contributed by atoms with van der Waals surface area (Å²) in [5.41, 5.74) is 6.84. The Bertz CT molecular complexity index is 690. The maximum absolute atomic E-state index is 13.3. The van der Waals surface area contributed by atoms with Gasteiger partial charge in [0.2, 0.25) is 5.91 Å². The molecule has 2 aromatic carbocycles. The van der Waals surface area contributed by atoms with E-state index in [0.29, 0.717) is 10.0 Å². The summed E-state index contributed by atoms with van der Waals surface area (Å²) in [6.07, 6.45) is 0. The first-order valence-corrected chi connectivity index (χ1v) is 7.22. The first-order chi connectivity index (χ1) is 9.83. The minimum absolute atomic E-state index is 0.381. The minimum atomic E-state index is -1.15. The number of rotatable bonds is 4. The summed E-state index contributed by atoms with van der Waals surface area (Å²) in [5.74, 6) is -0.927. The molecule has 0 bridgehead atoms. The molecule has 1 atom stereocenters. The smallest absolute Gasteiger partial charge is 0.247 e. The van der Waals surface area contributed by atoms with E-state index in [-0.39, 0.29) is 5.82 Å². The van der Waals surface area contributed by atoms with Crippen LogP contribution >= 0.6 is 15.9 Å². The Balaban J connectivity index is 2.48. The molecule has 0 fully saturated rings. The van der Waals surface area contributed by atoms with Crippen molar-refractivity contribution in [3.05, 3.63) is 63.9 Å². The van der Waals surface area contributed by atoms with Crippen LogP contribution in [0.25, 0.3) is 0 Å². The maximum Gasteiger partial charge on any atom is 0.247 e. The van der Waals surface area contributed by atoms with E-state index in [4.69, 9.17) is 5.73 Å². The average Bonchev–Trinajstić information content (AvgIpc) is 2.38. The van der Waals surface area contributed by atoms with Gasteiger partial charge in [-0.3, -0.25) is 4.79 Å². The lowest BCUT2D eigenvalue weighted by atomic mass is 9.90. The molecule has 110 valence electrons. The molecule has 5 heteroatoms. The highest BCUT2D eigenvalue weighted by atomic mass is 79.9. The van der Waals surface area contributed by atoms with Gasteiger partial charge in [0.25, 0.3) is 0 Å². The fourth-order valence-electron chi connectivity index (χ4n) is 2.17. The zero-order chi connectivity index (χ0) is 15.6. The molecule has 0 spiro atoms. The Morgan fingerprint density at radius 1 is 1.29 bits per heavy atom. The van der Waals surface area contributed by atoms with E-state index in [0.717, 1.165) is 11.3 Å². The summed E-state index contributed by atoms with van der Waals surface area (Å²) in [4.78, 5) is 12.0. The van der Waals surface area contributed by atoms with Crippen molar-refractivity contribution in [2.75, 3.05) is 5.32 Å². The van der Waals surface area contributed by atoms with Gasteiger partial charge in [-0.1, -0.05) is 34.1 Å². The van der Waals surface area contributed by atoms with Crippen molar-refractivity contribution >= 4 is 27.5 Å². The maximum atomic E-state index is 13.3. The Morgan fingerprint density at radius 2 is 2.00 bits per heavy atom. The third kappa shape index (κ3) is 3.24. The Kier molecular flexibility index (Phi) is 4.32. The van der Waals surface area contributed by atoms with Crippen LogP contribution in [0.15, 0.2) is 46.9 Å². The van der Waals surface area contributed by atoms with Crippen LogP contribution in [-0.2, 0) is 10.3 Å². The molecule has 3 N–H and O–H groups in total. The van der Waals surface area contributed by atoms with Gasteiger partial charge in [-0.15, -0.1) is 0 Å². The molecular weight excluding hydrogens is 335 g/mol. The first-order valence-electron chi connectivity index (χ1n) is 6.43. The number of nitrogens with two attached hydrogens (primary N) is 1. The quantitative estimate of drug-likeness (QED) is 0.882. The van der Waals surface area contributed by atoms with E-state index >= 15 is 0 Å². The van der Waals surface area contributed by atoms with Crippen LogP contribution in [0.1, 0.15) is 18.1 Å². The van der Waals surface area contributed by atoms with E-state index in [1.807, 2.05) is 31.2 Å². The van der Waals surface area contributed by atoms with Crippen molar-refractivity contribution < 1.29 is 9.18 Å². The summed E-state index contributed by atoms with van der Waals surface area (Å²) in [7, 11) is 0. The fraction of sp³-hybridized carbons (Fsp3) is 0.188. The van der Waals surface area contributed by atoms with E-state index < -0.39 is 11.4 Å². The molecule has 3 nitrogen and oxygen atoms in total. The number of nitrogens with one attached hydrogen (secondary N) is 1. The molecule has 2 rings (SSSR count).